The van der Waals surface area contributed by atoms with Crippen LogP contribution in [-0.2, 0) is 6.54 Å². The molecular formula is C20H19ClN4O2. The number of ether oxygens (including phenoxy) is 2. The fourth-order valence-electron chi connectivity index (χ4n) is 2.88. The quantitative estimate of drug-likeness (QED) is 0.729. The van der Waals surface area contributed by atoms with E-state index in [0.29, 0.717) is 42.1 Å². The number of benzene rings is 1. The molecule has 0 saturated heterocycles. The van der Waals surface area contributed by atoms with Crippen molar-refractivity contribution in [3.8, 4) is 22.9 Å². The van der Waals surface area contributed by atoms with Gasteiger partial charge in [0, 0.05) is 35.8 Å². The molecule has 1 N–H and O–H groups in total. The number of pyridine rings is 1. The zero-order chi connectivity index (χ0) is 18.8. The minimum Gasteiger partial charge on any atom is -0.486 e. The Morgan fingerprint density at radius 3 is 2.81 bits per heavy atom. The Hall–Kier alpha value is -2.86. The molecule has 1 aliphatic heterocycles. The monoisotopic (exact) mass is 382 g/mol. The number of nitrogens with one attached hydrogen (secondary N) is 1. The van der Waals surface area contributed by atoms with Crippen LogP contribution in [0.4, 0.5) is 5.82 Å². The molecule has 0 aliphatic carbocycles. The average molecular weight is 383 g/mol. The molecule has 0 fully saturated rings. The molecule has 1 aromatic carbocycles. The molecule has 0 spiro atoms. The molecule has 3 heterocycles. The summed E-state index contributed by atoms with van der Waals surface area (Å²) in [5, 5.41) is 3.94. The Kier molecular flexibility index (Phi) is 4.81. The highest BCUT2D eigenvalue weighted by molar-refractivity contribution is 6.32. The minimum absolute atomic E-state index is 0.515. The molecule has 27 heavy (non-hydrogen) atoms. The van der Waals surface area contributed by atoms with Crippen LogP contribution in [0.5, 0.6) is 11.5 Å². The van der Waals surface area contributed by atoms with Gasteiger partial charge in [-0.05, 0) is 43.7 Å². The fraction of sp³-hybridized carbons (Fsp3) is 0.250. The Morgan fingerprint density at radius 1 is 1.15 bits per heavy atom. The summed E-state index contributed by atoms with van der Waals surface area (Å²) >= 11 is 6.33. The minimum atomic E-state index is 0.515. The van der Waals surface area contributed by atoms with Crippen molar-refractivity contribution >= 4 is 17.4 Å². The van der Waals surface area contributed by atoms with Gasteiger partial charge in [-0.2, -0.15) is 0 Å². The van der Waals surface area contributed by atoms with Crippen molar-refractivity contribution in [2.75, 3.05) is 18.5 Å². The van der Waals surface area contributed by atoms with Crippen molar-refractivity contribution in [1.29, 1.82) is 0 Å². The van der Waals surface area contributed by atoms with E-state index in [1.165, 1.54) is 0 Å². The molecule has 0 bridgehead atoms. The first kappa shape index (κ1) is 17.5. The molecular weight excluding hydrogens is 364 g/mol. The van der Waals surface area contributed by atoms with Crippen molar-refractivity contribution in [3.63, 3.8) is 0 Å². The first-order valence-electron chi connectivity index (χ1n) is 8.69. The van der Waals surface area contributed by atoms with E-state index in [-0.39, 0.29) is 0 Å². The Balaban J connectivity index is 1.60. The number of nitrogens with zero attached hydrogens (tertiary/aromatic N) is 3. The number of anilines is 1. The van der Waals surface area contributed by atoms with E-state index in [2.05, 4.69) is 20.3 Å². The second-order valence-corrected chi connectivity index (χ2v) is 6.71. The maximum atomic E-state index is 6.33. The van der Waals surface area contributed by atoms with Crippen molar-refractivity contribution < 1.29 is 9.47 Å². The number of halogens is 1. The van der Waals surface area contributed by atoms with Gasteiger partial charge in [-0.15, -0.1) is 0 Å². The topological polar surface area (TPSA) is 69.2 Å². The van der Waals surface area contributed by atoms with Crippen LogP contribution in [-0.4, -0.2) is 28.2 Å². The number of hydrogen-bond acceptors (Lipinski definition) is 6. The highest BCUT2D eigenvalue weighted by Gasteiger charge is 2.17. The average Bonchev–Trinajstić information content (AvgIpc) is 2.70. The lowest BCUT2D eigenvalue weighted by atomic mass is 10.1. The summed E-state index contributed by atoms with van der Waals surface area (Å²) < 4.78 is 11.2. The summed E-state index contributed by atoms with van der Waals surface area (Å²) in [5.41, 5.74) is 3.80. The van der Waals surface area contributed by atoms with Gasteiger partial charge in [0.15, 0.2) is 17.3 Å². The third-order valence-electron chi connectivity index (χ3n) is 4.43. The van der Waals surface area contributed by atoms with E-state index >= 15 is 0 Å². The van der Waals surface area contributed by atoms with Gasteiger partial charge in [0.25, 0.3) is 0 Å². The summed E-state index contributed by atoms with van der Waals surface area (Å²) in [4.78, 5) is 13.4. The lowest BCUT2D eigenvalue weighted by Crippen LogP contribution is -2.16. The Labute approximate surface area is 162 Å². The van der Waals surface area contributed by atoms with E-state index in [1.807, 2.05) is 38.1 Å². The summed E-state index contributed by atoms with van der Waals surface area (Å²) in [7, 11) is 0. The molecule has 0 saturated carbocycles. The van der Waals surface area contributed by atoms with E-state index in [1.54, 1.807) is 12.4 Å². The molecule has 2 aromatic heterocycles. The maximum Gasteiger partial charge on any atom is 0.179 e. The summed E-state index contributed by atoms with van der Waals surface area (Å²) in [6.07, 6.45) is 3.49. The van der Waals surface area contributed by atoms with Crippen molar-refractivity contribution in [3.05, 3.63) is 58.5 Å². The number of fused-ring (bicyclic) bond motifs is 1. The number of hydrogen-bond donors (Lipinski definition) is 1. The molecule has 4 rings (SSSR count). The molecule has 1 aliphatic rings. The van der Waals surface area contributed by atoms with Crippen LogP contribution in [0, 0.1) is 13.8 Å². The van der Waals surface area contributed by atoms with Crippen LogP contribution < -0.4 is 14.8 Å². The molecule has 6 nitrogen and oxygen atoms in total. The first-order chi connectivity index (χ1) is 13.1. The van der Waals surface area contributed by atoms with Gasteiger partial charge in [0.05, 0.1) is 5.02 Å². The maximum absolute atomic E-state index is 6.33. The van der Waals surface area contributed by atoms with E-state index < -0.39 is 0 Å². The van der Waals surface area contributed by atoms with Crippen LogP contribution in [0.1, 0.15) is 16.8 Å². The van der Waals surface area contributed by atoms with E-state index in [4.69, 9.17) is 21.1 Å². The van der Waals surface area contributed by atoms with Gasteiger partial charge in [-0.1, -0.05) is 11.6 Å². The molecule has 0 atom stereocenters. The molecule has 138 valence electrons. The molecule has 3 aromatic rings. The van der Waals surface area contributed by atoms with Crippen LogP contribution in [0.25, 0.3) is 11.4 Å². The van der Waals surface area contributed by atoms with Crippen LogP contribution in [0.2, 0.25) is 5.02 Å². The van der Waals surface area contributed by atoms with Gasteiger partial charge in [-0.3, -0.25) is 4.98 Å². The van der Waals surface area contributed by atoms with Gasteiger partial charge in [0.2, 0.25) is 0 Å². The predicted molar refractivity (Wildman–Crippen MR) is 105 cm³/mol. The smallest absolute Gasteiger partial charge is 0.179 e. The van der Waals surface area contributed by atoms with Gasteiger partial charge < -0.3 is 14.8 Å². The third kappa shape index (κ3) is 3.66. The predicted octanol–water partition coefficient (Wildman–Crippen LogP) is 4.19. The number of aryl methyl sites for hydroxylation is 1. The zero-order valence-electron chi connectivity index (χ0n) is 15.1. The van der Waals surface area contributed by atoms with E-state index in [0.717, 1.165) is 28.2 Å². The second-order valence-electron chi connectivity index (χ2n) is 6.30. The molecule has 0 unspecified atom stereocenters. The normalized spacial score (nSPS) is 12.7. The lowest BCUT2D eigenvalue weighted by Gasteiger charge is -2.20. The van der Waals surface area contributed by atoms with E-state index in [9.17, 15) is 0 Å². The van der Waals surface area contributed by atoms with Gasteiger partial charge in [-0.25, -0.2) is 9.97 Å². The summed E-state index contributed by atoms with van der Waals surface area (Å²) in [5.74, 6) is 2.72. The molecule has 0 radical (unpaired) electrons. The Bertz CT molecular complexity index is 979. The zero-order valence-corrected chi connectivity index (χ0v) is 15.9. The largest absolute Gasteiger partial charge is 0.486 e. The van der Waals surface area contributed by atoms with Crippen LogP contribution in [0.15, 0.2) is 36.7 Å². The van der Waals surface area contributed by atoms with Crippen LogP contribution >= 0.6 is 11.6 Å². The highest BCUT2D eigenvalue weighted by atomic mass is 35.5. The SMILES string of the molecule is Cc1nc(-c2cccnc2)nc(NCc2cc(Cl)c3c(c2)OCCO3)c1C. The summed E-state index contributed by atoms with van der Waals surface area (Å²) in [6, 6.07) is 7.64. The number of rotatable bonds is 4. The second kappa shape index (κ2) is 7.40. The van der Waals surface area contributed by atoms with Crippen molar-refractivity contribution in [1.82, 2.24) is 15.0 Å². The fourth-order valence-corrected chi connectivity index (χ4v) is 3.16. The summed E-state index contributed by atoms with van der Waals surface area (Å²) in [6.45, 7) is 5.57. The lowest BCUT2D eigenvalue weighted by molar-refractivity contribution is 0.171. The molecule has 7 heteroatoms. The molecule has 0 amide bonds. The van der Waals surface area contributed by atoms with Crippen molar-refractivity contribution in [2.45, 2.75) is 20.4 Å². The third-order valence-corrected chi connectivity index (χ3v) is 4.71. The van der Waals surface area contributed by atoms with Gasteiger partial charge in [0.1, 0.15) is 19.0 Å². The standard InChI is InChI=1S/C20H19ClN4O2/c1-12-13(2)24-20(15-4-3-5-22-11-15)25-19(12)23-10-14-8-16(21)18-17(9-14)26-6-7-27-18/h3-5,8-9,11H,6-7,10H2,1-2H3,(H,23,24,25). The number of aromatic nitrogens is 3. The van der Waals surface area contributed by atoms with Crippen molar-refractivity contribution in [2.24, 2.45) is 0 Å². The first-order valence-corrected chi connectivity index (χ1v) is 9.07. The Morgan fingerprint density at radius 2 is 2.00 bits per heavy atom. The van der Waals surface area contributed by atoms with Gasteiger partial charge >= 0.3 is 0 Å². The highest BCUT2D eigenvalue weighted by Crippen LogP contribution is 2.38. The van der Waals surface area contributed by atoms with Crippen LogP contribution in [0.3, 0.4) is 0 Å².